The van der Waals surface area contributed by atoms with Gasteiger partial charge in [0.1, 0.15) is 0 Å². The molecule has 115 valence electrons. The number of methoxy groups -OCH3 is 2. The van der Waals surface area contributed by atoms with Gasteiger partial charge in [-0.25, -0.2) is 0 Å². The summed E-state index contributed by atoms with van der Waals surface area (Å²) >= 11 is 0. The monoisotopic (exact) mass is 291 g/mol. The Morgan fingerprint density at radius 2 is 1.76 bits per heavy atom. The molecule has 0 saturated carbocycles. The van der Waals surface area contributed by atoms with Gasteiger partial charge >= 0.3 is 7.69 Å². The molecule has 0 bridgehead atoms. The smallest absolute Gasteiger partial charge is 0.416 e. The Kier molecular flexibility index (Phi) is 9.02. The molecule has 0 heterocycles. The van der Waals surface area contributed by atoms with E-state index in [1.165, 1.54) is 7.69 Å². The Balaban J connectivity index is 2.59. The van der Waals surface area contributed by atoms with Gasteiger partial charge in [-0.15, -0.1) is 0 Å². The van der Waals surface area contributed by atoms with Crippen LogP contribution in [0.15, 0.2) is 42.5 Å². The second-order valence-electron chi connectivity index (χ2n) is 4.75. The quantitative estimate of drug-likeness (QED) is 0.377. The van der Waals surface area contributed by atoms with Gasteiger partial charge in [-0.3, -0.25) is 0 Å². The molecule has 21 heavy (non-hydrogen) atoms. The predicted octanol–water partition coefficient (Wildman–Crippen LogP) is 2.78. The van der Waals surface area contributed by atoms with E-state index in [4.69, 9.17) is 18.8 Å². The Bertz CT molecular complexity index is 397. The minimum Gasteiger partial charge on any atom is -0.416 e. The molecule has 0 aliphatic carbocycles. The molecule has 1 radical (unpaired) electrons. The molecule has 0 spiro atoms. The highest BCUT2D eigenvalue weighted by Crippen LogP contribution is 2.26. The van der Waals surface area contributed by atoms with E-state index in [1.807, 2.05) is 24.3 Å². The molecule has 0 aromatic heterocycles. The predicted molar refractivity (Wildman–Crippen MR) is 84.0 cm³/mol. The highest BCUT2D eigenvalue weighted by atomic mass is 16.6. The lowest BCUT2D eigenvalue weighted by atomic mass is 9.96. The summed E-state index contributed by atoms with van der Waals surface area (Å²) in [5, 5.41) is 0. The van der Waals surface area contributed by atoms with Crippen LogP contribution in [0.4, 0.5) is 0 Å². The van der Waals surface area contributed by atoms with Gasteiger partial charge in [-0.1, -0.05) is 49.4 Å². The van der Waals surface area contributed by atoms with E-state index >= 15 is 0 Å². The molecule has 0 aliphatic rings. The first-order valence-corrected chi connectivity index (χ1v) is 6.97. The molecule has 0 amide bonds. The van der Waals surface area contributed by atoms with Crippen molar-refractivity contribution >= 4 is 7.69 Å². The fraction of sp³-hybridized carbons (Fsp3) is 0.500. The topological polar surface area (TPSA) is 36.9 Å². The van der Waals surface area contributed by atoms with Gasteiger partial charge in [0.15, 0.2) is 0 Å². The van der Waals surface area contributed by atoms with Crippen LogP contribution in [0.3, 0.4) is 0 Å². The molecule has 0 N–H and O–H groups in total. The third-order valence-corrected chi connectivity index (χ3v) is 3.22. The molecule has 3 atom stereocenters. The summed E-state index contributed by atoms with van der Waals surface area (Å²) in [5.74, 6) is 0.224. The van der Waals surface area contributed by atoms with Crippen molar-refractivity contribution in [2.75, 3.05) is 27.9 Å². The van der Waals surface area contributed by atoms with Crippen LogP contribution in [0, 0.1) is 5.92 Å². The maximum atomic E-state index is 5.61. The lowest BCUT2D eigenvalue weighted by molar-refractivity contribution is 0.0702. The van der Waals surface area contributed by atoms with Gasteiger partial charge in [-0.2, -0.15) is 0 Å². The first-order chi connectivity index (χ1) is 10.2. The zero-order chi connectivity index (χ0) is 15.5. The van der Waals surface area contributed by atoms with Crippen LogP contribution >= 0.6 is 0 Å². The highest BCUT2D eigenvalue weighted by molar-refractivity contribution is 6.17. The SMILES string of the molecule is CO[B]OC[C@H](/C=C/[C@H](C)[C@@H](OC)c1ccccc1)OC. The molecule has 1 aromatic rings. The van der Waals surface area contributed by atoms with Crippen molar-refractivity contribution in [3.63, 3.8) is 0 Å². The number of hydrogen-bond donors (Lipinski definition) is 0. The maximum Gasteiger partial charge on any atom is 0.487 e. The molecular formula is C16H24BO4. The first-order valence-electron chi connectivity index (χ1n) is 6.97. The molecule has 5 heteroatoms. The van der Waals surface area contributed by atoms with Crippen molar-refractivity contribution < 1.29 is 18.8 Å². The standard InChI is InChI=1S/C16H24BO4/c1-13(10-11-15(18-2)12-21-17-20-4)16(19-3)14-8-6-5-7-9-14/h5-11,13,15-16H,12H2,1-4H3/b11-10+/t13-,15-,16+/m0/s1. The molecule has 0 unspecified atom stereocenters. The Morgan fingerprint density at radius 1 is 1.05 bits per heavy atom. The first kappa shape index (κ1) is 17.9. The van der Waals surface area contributed by atoms with Crippen LogP contribution < -0.4 is 0 Å². The van der Waals surface area contributed by atoms with Crippen LogP contribution in [0.1, 0.15) is 18.6 Å². The normalized spacial score (nSPS) is 15.8. The third-order valence-electron chi connectivity index (χ3n) is 3.22. The van der Waals surface area contributed by atoms with Crippen LogP contribution in [0.25, 0.3) is 0 Å². The highest BCUT2D eigenvalue weighted by Gasteiger charge is 2.16. The van der Waals surface area contributed by atoms with E-state index in [1.54, 1.807) is 21.3 Å². The third kappa shape index (κ3) is 6.44. The largest absolute Gasteiger partial charge is 0.487 e. The summed E-state index contributed by atoms with van der Waals surface area (Å²) in [4.78, 5) is 0. The fourth-order valence-electron chi connectivity index (χ4n) is 2.10. The summed E-state index contributed by atoms with van der Waals surface area (Å²) in [6.07, 6.45) is 3.98. The molecule has 4 nitrogen and oxygen atoms in total. The van der Waals surface area contributed by atoms with Gasteiger partial charge in [0.25, 0.3) is 0 Å². The van der Waals surface area contributed by atoms with Crippen LogP contribution in [0.5, 0.6) is 0 Å². The van der Waals surface area contributed by atoms with Crippen LogP contribution in [-0.2, 0) is 18.8 Å². The Labute approximate surface area is 128 Å². The molecular weight excluding hydrogens is 267 g/mol. The van der Waals surface area contributed by atoms with Gasteiger partial charge in [0.2, 0.25) is 0 Å². The van der Waals surface area contributed by atoms with Crippen molar-refractivity contribution in [2.24, 2.45) is 5.92 Å². The van der Waals surface area contributed by atoms with E-state index in [9.17, 15) is 0 Å². The van der Waals surface area contributed by atoms with Crippen molar-refractivity contribution in [1.82, 2.24) is 0 Å². The molecule has 0 aliphatic heterocycles. The molecule has 0 fully saturated rings. The van der Waals surface area contributed by atoms with E-state index < -0.39 is 0 Å². The average molecular weight is 291 g/mol. The van der Waals surface area contributed by atoms with E-state index in [-0.39, 0.29) is 18.1 Å². The van der Waals surface area contributed by atoms with Crippen molar-refractivity contribution in [3.8, 4) is 0 Å². The second-order valence-corrected chi connectivity index (χ2v) is 4.75. The lowest BCUT2D eigenvalue weighted by Gasteiger charge is -2.21. The van der Waals surface area contributed by atoms with Crippen LogP contribution in [0.2, 0.25) is 0 Å². The van der Waals surface area contributed by atoms with Crippen LogP contribution in [-0.4, -0.2) is 41.7 Å². The second kappa shape index (κ2) is 10.6. The molecule has 1 rings (SSSR count). The summed E-state index contributed by atoms with van der Waals surface area (Å²) in [7, 11) is 6.22. The Hall–Kier alpha value is -1.14. The summed E-state index contributed by atoms with van der Waals surface area (Å²) in [5.41, 5.74) is 1.16. The minimum atomic E-state index is -0.118. The number of hydrogen-bond acceptors (Lipinski definition) is 4. The van der Waals surface area contributed by atoms with Gasteiger partial charge in [0.05, 0.1) is 18.8 Å². The number of ether oxygens (including phenoxy) is 2. The maximum absolute atomic E-state index is 5.61. The summed E-state index contributed by atoms with van der Waals surface area (Å²) in [6.45, 7) is 2.53. The van der Waals surface area contributed by atoms with Gasteiger partial charge < -0.3 is 18.8 Å². The minimum absolute atomic E-state index is 0.0198. The fourth-order valence-corrected chi connectivity index (χ4v) is 2.10. The number of benzene rings is 1. The zero-order valence-electron chi connectivity index (χ0n) is 13.2. The van der Waals surface area contributed by atoms with E-state index in [0.29, 0.717) is 6.61 Å². The zero-order valence-corrected chi connectivity index (χ0v) is 13.2. The average Bonchev–Trinajstić information content (AvgIpc) is 2.52. The van der Waals surface area contributed by atoms with Crippen molar-refractivity contribution in [1.29, 1.82) is 0 Å². The van der Waals surface area contributed by atoms with Crippen molar-refractivity contribution in [3.05, 3.63) is 48.0 Å². The van der Waals surface area contributed by atoms with Crippen molar-refractivity contribution in [2.45, 2.75) is 19.1 Å². The summed E-state index contributed by atoms with van der Waals surface area (Å²) in [6, 6.07) is 10.2. The van der Waals surface area contributed by atoms with E-state index in [2.05, 4.69) is 25.1 Å². The molecule has 0 saturated heterocycles. The molecule has 1 aromatic carbocycles. The number of rotatable bonds is 10. The van der Waals surface area contributed by atoms with Gasteiger partial charge in [0, 0.05) is 27.2 Å². The Morgan fingerprint density at radius 3 is 2.33 bits per heavy atom. The summed E-state index contributed by atoms with van der Waals surface area (Å²) < 4.78 is 20.9. The lowest BCUT2D eigenvalue weighted by Crippen LogP contribution is -2.18. The van der Waals surface area contributed by atoms with Gasteiger partial charge in [-0.05, 0) is 5.56 Å². The van der Waals surface area contributed by atoms with E-state index in [0.717, 1.165) is 5.56 Å².